The molecule has 0 radical (unpaired) electrons. The highest BCUT2D eigenvalue weighted by Crippen LogP contribution is 2.12. The maximum absolute atomic E-state index is 11.7. The molecule has 0 aliphatic rings. The summed E-state index contributed by atoms with van der Waals surface area (Å²) in [6.07, 6.45) is 0.781. The highest BCUT2D eigenvalue weighted by Gasteiger charge is 2.05. The first kappa shape index (κ1) is 13.8. The molecule has 3 nitrogen and oxygen atoms in total. The van der Waals surface area contributed by atoms with E-state index in [2.05, 4.69) is 5.32 Å². The zero-order valence-electron chi connectivity index (χ0n) is 10.5. The van der Waals surface area contributed by atoms with E-state index in [9.17, 15) is 4.79 Å². The number of halogens is 1. The number of hydrogen-bond donors (Lipinski definition) is 1. The number of carbonyl (C=O) groups excluding carboxylic acids is 1. The van der Waals surface area contributed by atoms with E-state index < -0.39 is 0 Å². The second-order valence-corrected chi connectivity index (χ2v) is 5.01. The van der Waals surface area contributed by atoms with Crippen LogP contribution in [0.1, 0.15) is 23.7 Å². The van der Waals surface area contributed by atoms with Gasteiger partial charge in [0.15, 0.2) is 0 Å². The topological polar surface area (TPSA) is 32.3 Å². The zero-order chi connectivity index (χ0) is 12.8. The van der Waals surface area contributed by atoms with E-state index >= 15 is 0 Å². The van der Waals surface area contributed by atoms with Gasteiger partial charge in [0.05, 0.1) is 0 Å². The molecule has 0 saturated carbocycles. The summed E-state index contributed by atoms with van der Waals surface area (Å²) in [5, 5.41) is 2.93. The second-order valence-electron chi connectivity index (χ2n) is 4.27. The number of nitrogens with one attached hydrogen (secondary N) is 1. The fraction of sp³-hybridized carbons (Fsp3) is 0.462. The van der Waals surface area contributed by atoms with Crippen molar-refractivity contribution in [1.82, 2.24) is 5.32 Å². The standard InChI is InChI=1S/C13H19ClN2O/c1-10(14)8-9-15-13(17)11-4-6-12(7-5-11)16(2)3/h4-7,10H,8-9H2,1-3H3,(H,15,17). The predicted molar refractivity (Wildman–Crippen MR) is 73.0 cm³/mol. The number of hydrogen-bond acceptors (Lipinski definition) is 2. The molecule has 0 aliphatic carbocycles. The van der Waals surface area contributed by atoms with Crippen molar-refractivity contribution < 1.29 is 4.79 Å². The average molecular weight is 255 g/mol. The zero-order valence-corrected chi connectivity index (χ0v) is 11.3. The molecule has 1 unspecified atom stereocenters. The van der Waals surface area contributed by atoms with Crippen molar-refractivity contribution in [3.05, 3.63) is 29.8 Å². The summed E-state index contributed by atoms with van der Waals surface area (Å²) >= 11 is 5.81. The first-order valence-electron chi connectivity index (χ1n) is 5.70. The summed E-state index contributed by atoms with van der Waals surface area (Å²) in [6.45, 7) is 2.53. The number of anilines is 1. The highest BCUT2D eigenvalue weighted by molar-refractivity contribution is 6.20. The minimum atomic E-state index is -0.0485. The minimum absolute atomic E-state index is 0.0485. The minimum Gasteiger partial charge on any atom is -0.378 e. The third kappa shape index (κ3) is 4.65. The fourth-order valence-electron chi connectivity index (χ4n) is 1.40. The largest absolute Gasteiger partial charge is 0.378 e. The van der Waals surface area contributed by atoms with Crippen molar-refractivity contribution in [2.45, 2.75) is 18.7 Å². The Labute approximate surface area is 108 Å². The lowest BCUT2D eigenvalue weighted by Gasteiger charge is -2.12. The van der Waals surface area contributed by atoms with Crippen LogP contribution < -0.4 is 10.2 Å². The van der Waals surface area contributed by atoms with Gasteiger partial charge in [-0.1, -0.05) is 0 Å². The van der Waals surface area contributed by atoms with E-state index in [-0.39, 0.29) is 11.3 Å². The van der Waals surface area contributed by atoms with E-state index in [0.717, 1.165) is 12.1 Å². The van der Waals surface area contributed by atoms with Gasteiger partial charge in [0.25, 0.3) is 5.91 Å². The molecule has 4 heteroatoms. The van der Waals surface area contributed by atoms with Crippen molar-refractivity contribution >= 4 is 23.2 Å². The Bertz CT molecular complexity index is 360. The van der Waals surface area contributed by atoms with E-state index in [1.807, 2.05) is 50.2 Å². The van der Waals surface area contributed by atoms with Crippen LogP contribution in [0.4, 0.5) is 5.69 Å². The second kappa shape index (κ2) is 6.50. The number of nitrogens with zero attached hydrogens (tertiary/aromatic N) is 1. The number of alkyl halides is 1. The number of rotatable bonds is 5. The van der Waals surface area contributed by atoms with Gasteiger partial charge >= 0.3 is 0 Å². The van der Waals surface area contributed by atoms with Crippen molar-refractivity contribution in [1.29, 1.82) is 0 Å². The maximum Gasteiger partial charge on any atom is 0.251 e. The van der Waals surface area contributed by atoms with Gasteiger partial charge in [-0.3, -0.25) is 4.79 Å². The normalized spacial score (nSPS) is 12.0. The van der Waals surface area contributed by atoms with Crippen LogP contribution in [0.5, 0.6) is 0 Å². The van der Waals surface area contributed by atoms with Gasteiger partial charge in [0.2, 0.25) is 0 Å². The van der Waals surface area contributed by atoms with Crippen LogP contribution in [0.2, 0.25) is 0 Å². The summed E-state index contributed by atoms with van der Waals surface area (Å²) < 4.78 is 0. The third-order valence-corrected chi connectivity index (χ3v) is 2.69. The predicted octanol–water partition coefficient (Wildman–Crippen LogP) is 2.50. The van der Waals surface area contributed by atoms with Gasteiger partial charge in [-0.05, 0) is 37.6 Å². The number of amides is 1. The molecule has 1 aromatic carbocycles. The van der Waals surface area contributed by atoms with Crippen LogP contribution in [0, 0.1) is 0 Å². The fourth-order valence-corrected chi connectivity index (χ4v) is 1.51. The highest BCUT2D eigenvalue weighted by atomic mass is 35.5. The Morgan fingerprint density at radius 3 is 2.41 bits per heavy atom. The Kier molecular flexibility index (Phi) is 5.29. The first-order valence-corrected chi connectivity index (χ1v) is 6.14. The molecule has 1 N–H and O–H groups in total. The molecular weight excluding hydrogens is 236 g/mol. The van der Waals surface area contributed by atoms with E-state index in [0.29, 0.717) is 12.1 Å². The van der Waals surface area contributed by atoms with Crippen molar-refractivity contribution in [2.75, 3.05) is 25.5 Å². The maximum atomic E-state index is 11.7. The number of carbonyl (C=O) groups is 1. The van der Waals surface area contributed by atoms with Crippen LogP contribution >= 0.6 is 11.6 Å². The van der Waals surface area contributed by atoms with Crippen LogP contribution in [-0.4, -0.2) is 31.9 Å². The number of benzene rings is 1. The summed E-state index contributed by atoms with van der Waals surface area (Å²) in [7, 11) is 3.94. The van der Waals surface area contributed by atoms with Crippen LogP contribution in [0.25, 0.3) is 0 Å². The lowest BCUT2D eigenvalue weighted by Crippen LogP contribution is -2.25. The van der Waals surface area contributed by atoms with Gasteiger partial charge in [0, 0.05) is 37.3 Å². The van der Waals surface area contributed by atoms with Gasteiger partial charge in [-0.2, -0.15) is 0 Å². The Morgan fingerprint density at radius 1 is 1.35 bits per heavy atom. The summed E-state index contributed by atoms with van der Waals surface area (Å²) in [5.74, 6) is -0.0485. The summed E-state index contributed by atoms with van der Waals surface area (Å²) in [5.41, 5.74) is 1.76. The van der Waals surface area contributed by atoms with Crippen molar-refractivity contribution in [3.8, 4) is 0 Å². The molecular formula is C13H19ClN2O. The smallest absolute Gasteiger partial charge is 0.251 e. The van der Waals surface area contributed by atoms with E-state index in [1.165, 1.54) is 0 Å². The molecule has 0 bridgehead atoms. The van der Waals surface area contributed by atoms with Gasteiger partial charge < -0.3 is 10.2 Å². The molecule has 17 heavy (non-hydrogen) atoms. The van der Waals surface area contributed by atoms with E-state index in [4.69, 9.17) is 11.6 Å². The molecule has 0 spiro atoms. The lowest BCUT2D eigenvalue weighted by atomic mass is 10.2. The summed E-state index contributed by atoms with van der Waals surface area (Å²) in [6, 6.07) is 7.52. The molecule has 94 valence electrons. The van der Waals surface area contributed by atoms with Gasteiger partial charge in [0.1, 0.15) is 0 Å². The SMILES string of the molecule is CC(Cl)CCNC(=O)c1ccc(N(C)C)cc1. The van der Waals surface area contributed by atoms with Crippen molar-refractivity contribution in [3.63, 3.8) is 0 Å². The molecule has 1 atom stereocenters. The molecule has 0 fully saturated rings. The first-order chi connectivity index (χ1) is 8.00. The molecule has 1 amide bonds. The quantitative estimate of drug-likeness (QED) is 0.819. The Balaban J connectivity index is 2.52. The molecule has 0 aliphatic heterocycles. The molecule has 1 aromatic rings. The third-order valence-electron chi connectivity index (χ3n) is 2.47. The van der Waals surface area contributed by atoms with E-state index in [1.54, 1.807) is 0 Å². The van der Waals surface area contributed by atoms with Crippen LogP contribution in [0.3, 0.4) is 0 Å². The molecule has 0 saturated heterocycles. The van der Waals surface area contributed by atoms with Crippen LogP contribution in [-0.2, 0) is 0 Å². The Hall–Kier alpha value is -1.22. The molecule has 0 heterocycles. The Morgan fingerprint density at radius 2 is 1.94 bits per heavy atom. The lowest BCUT2D eigenvalue weighted by molar-refractivity contribution is 0.0953. The van der Waals surface area contributed by atoms with Crippen LogP contribution in [0.15, 0.2) is 24.3 Å². The van der Waals surface area contributed by atoms with Gasteiger partial charge in [-0.25, -0.2) is 0 Å². The van der Waals surface area contributed by atoms with Gasteiger partial charge in [-0.15, -0.1) is 11.6 Å². The average Bonchev–Trinajstić information content (AvgIpc) is 2.28. The summed E-state index contributed by atoms with van der Waals surface area (Å²) in [4.78, 5) is 13.7. The molecule has 1 rings (SSSR count). The molecule has 0 aromatic heterocycles. The van der Waals surface area contributed by atoms with Crippen molar-refractivity contribution in [2.24, 2.45) is 0 Å². The monoisotopic (exact) mass is 254 g/mol.